The molecule has 0 fully saturated rings. The lowest BCUT2D eigenvalue weighted by atomic mass is 10.1. The second-order valence-electron chi connectivity index (χ2n) is 5.16. The van der Waals surface area contributed by atoms with Gasteiger partial charge in [0.05, 0.1) is 11.1 Å². The highest BCUT2D eigenvalue weighted by Crippen LogP contribution is 2.16. The average Bonchev–Trinajstić information content (AvgIpc) is 2.89. The minimum atomic E-state index is -0.105. The van der Waals surface area contributed by atoms with Gasteiger partial charge in [-0.3, -0.25) is 4.79 Å². The Morgan fingerprint density at radius 3 is 2.77 bits per heavy atom. The molecule has 0 aliphatic heterocycles. The number of rotatable bonds is 4. The number of fused-ring (bicyclic) bond motifs is 1. The molecule has 1 aromatic heterocycles. The van der Waals surface area contributed by atoms with Crippen molar-refractivity contribution in [2.24, 2.45) is 0 Å². The molecule has 22 heavy (non-hydrogen) atoms. The molecule has 0 saturated carbocycles. The molecule has 112 valence electrons. The van der Waals surface area contributed by atoms with E-state index in [1.54, 1.807) is 6.07 Å². The number of halogens is 1. The average molecular weight is 314 g/mol. The van der Waals surface area contributed by atoms with Crippen molar-refractivity contribution in [3.05, 3.63) is 64.4 Å². The van der Waals surface area contributed by atoms with Crippen LogP contribution in [0.15, 0.2) is 42.5 Å². The van der Waals surface area contributed by atoms with Crippen molar-refractivity contribution >= 4 is 28.5 Å². The number of aromatic nitrogens is 2. The summed E-state index contributed by atoms with van der Waals surface area (Å²) in [7, 11) is 0. The second-order valence-corrected chi connectivity index (χ2v) is 5.59. The molecule has 0 atom stereocenters. The molecule has 2 aromatic carbocycles. The van der Waals surface area contributed by atoms with Crippen molar-refractivity contribution in [1.29, 1.82) is 0 Å². The highest BCUT2D eigenvalue weighted by molar-refractivity contribution is 6.30. The topological polar surface area (TPSA) is 57.8 Å². The predicted molar refractivity (Wildman–Crippen MR) is 88.3 cm³/mol. The van der Waals surface area contributed by atoms with Gasteiger partial charge in [-0.2, -0.15) is 0 Å². The third kappa shape index (κ3) is 3.12. The lowest BCUT2D eigenvalue weighted by molar-refractivity contribution is 0.0955. The molecule has 1 heterocycles. The molecular formula is C17H16ClN3O. The lowest BCUT2D eigenvalue weighted by Gasteiger charge is -2.06. The van der Waals surface area contributed by atoms with Gasteiger partial charge in [0.15, 0.2) is 0 Å². The Labute approximate surface area is 133 Å². The number of nitrogens with one attached hydrogen (secondary N) is 2. The van der Waals surface area contributed by atoms with E-state index in [1.165, 1.54) is 0 Å². The summed E-state index contributed by atoms with van der Waals surface area (Å²) in [5, 5.41) is 3.65. The summed E-state index contributed by atoms with van der Waals surface area (Å²) in [5.41, 5.74) is 3.32. The van der Waals surface area contributed by atoms with E-state index < -0.39 is 0 Å². The highest BCUT2D eigenvalue weighted by Gasteiger charge is 2.12. The summed E-state index contributed by atoms with van der Waals surface area (Å²) in [6.07, 6.45) is 0.762. The molecule has 0 radical (unpaired) electrons. The van der Waals surface area contributed by atoms with Crippen LogP contribution in [0, 0.1) is 6.92 Å². The SMILES string of the molecule is Cc1nc2c(C(=O)NCCc3ccc(Cl)cc3)cccc2[nH]1. The number of benzene rings is 2. The number of carbonyl (C=O) groups excluding carboxylic acids is 1. The molecule has 0 aliphatic carbocycles. The first kappa shape index (κ1) is 14.6. The number of amides is 1. The van der Waals surface area contributed by atoms with Gasteiger partial charge >= 0.3 is 0 Å². The van der Waals surface area contributed by atoms with Crippen LogP contribution >= 0.6 is 11.6 Å². The fourth-order valence-corrected chi connectivity index (χ4v) is 2.53. The number of aromatic amines is 1. The predicted octanol–water partition coefficient (Wildman–Crippen LogP) is 3.50. The van der Waals surface area contributed by atoms with Crippen LogP contribution in [-0.4, -0.2) is 22.4 Å². The van der Waals surface area contributed by atoms with Gasteiger partial charge < -0.3 is 10.3 Å². The summed E-state index contributed by atoms with van der Waals surface area (Å²) in [6.45, 7) is 2.45. The maximum atomic E-state index is 12.3. The molecule has 4 nitrogen and oxygen atoms in total. The monoisotopic (exact) mass is 313 g/mol. The third-order valence-electron chi connectivity index (χ3n) is 3.49. The molecule has 1 amide bonds. The molecule has 3 aromatic rings. The number of H-pyrrole nitrogens is 1. The number of carbonyl (C=O) groups is 1. The number of nitrogens with zero attached hydrogens (tertiary/aromatic N) is 1. The van der Waals surface area contributed by atoms with Crippen LogP contribution < -0.4 is 5.32 Å². The molecule has 0 bridgehead atoms. The van der Waals surface area contributed by atoms with Crippen molar-refractivity contribution in [3.8, 4) is 0 Å². The van der Waals surface area contributed by atoms with Crippen LogP contribution in [0.25, 0.3) is 11.0 Å². The van der Waals surface area contributed by atoms with E-state index >= 15 is 0 Å². The lowest BCUT2D eigenvalue weighted by Crippen LogP contribution is -2.25. The van der Waals surface area contributed by atoms with Crippen molar-refractivity contribution in [3.63, 3.8) is 0 Å². The van der Waals surface area contributed by atoms with E-state index in [0.29, 0.717) is 22.6 Å². The van der Waals surface area contributed by atoms with Gasteiger partial charge in [0, 0.05) is 11.6 Å². The molecule has 3 rings (SSSR count). The van der Waals surface area contributed by atoms with Crippen LogP contribution in [0.2, 0.25) is 5.02 Å². The third-order valence-corrected chi connectivity index (χ3v) is 3.74. The fraction of sp³-hybridized carbons (Fsp3) is 0.176. The maximum Gasteiger partial charge on any atom is 0.253 e. The largest absolute Gasteiger partial charge is 0.352 e. The second kappa shape index (κ2) is 6.20. The minimum Gasteiger partial charge on any atom is -0.352 e. The molecule has 0 unspecified atom stereocenters. The molecular weight excluding hydrogens is 298 g/mol. The molecule has 0 aliphatic rings. The van der Waals surface area contributed by atoms with Gasteiger partial charge in [-0.1, -0.05) is 29.8 Å². The Hall–Kier alpha value is -2.33. The number of hydrogen-bond acceptors (Lipinski definition) is 2. The summed E-state index contributed by atoms with van der Waals surface area (Å²) in [5.74, 6) is 0.697. The quantitative estimate of drug-likeness (QED) is 0.774. The number of imidazole rings is 1. The maximum absolute atomic E-state index is 12.3. The Bertz CT molecular complexity index is 808. The summed E-state index contributed by atoms with van der Waals surface area (Å²) >= 11 is 5.85. The summed E-state index contributed by atoms with van der Waals surface area (Å²) < 4.78 is 0. The summed E-state index contributed by atoms with van der Waals surface area (Å²) in [6, 6.07) is 13.2. The number of para-hydroxylation sites is 1. The molecule has 0 spiro atoms. The van der Waals surface area contributed by atoms with Gasteiger partial charge in [0.25, 0.3) is 5.91 Å². The fourth-order valence-electron chi connectivity index (χ4n) is 2.41. The van der Waals surface area contributed by atoms with Crippen molar-refractivity contribution in [2.75, 3.05) is 6.54 Å². The van der Waals surface area contributed by atoms with Crippen LogP contribution in [0.3, 0.4) is 0 Å². The smallest absolute Gasteiger partial charge is 0.253 e. The molecule has 2 N–H and O–H groups in total. The van der Waals surface area contributed by atoms with Crippen LogP contribution in [-0.2, 0) is 6.42 Å². The van der Waals surface area contributed by atoms with Crippen LogP contribution in [0.1, 0.15) is 21.7 Å². The van der Waals surface area contributed by atoms with E-state index in [-0.39, 0.29) is 5.91 Å². The first-order valence-corrected chi connectivity index (χ1v) is 7.49. The Morgan fingerprint density at radius 2 is 2.00 bits per heavy atom. The normalized spacial score (nSPS) is 10.8. The number of hydrogen-bond donors (Lipinski definition) is 2. The molecule has 5 heteroatoms. The zero-order valence-electron chi connectivity index (χ0n) is 12.2. The van der Waals surface area contributed by atoms with E-state index in [4.69, 9.17) is 11.6 Å². The Morgan fingerprint density at radius 1 is 1.23 bits per heavy atom. The minimum absolute atomic E-state index is 0.105. The zero-order valence-corrected chi connectivity index (χ0v) is 12.9. The van der Waals surface area contributed by atoms with Crippen LogP contribution in [0.5, 0.6) is 0 Å². The highest BCUT2D eigenvalue weighted by atomic mass is 35.5. The van der Waals surface area contributed by atoms with Crippen LogP contribution in [0.4, 0.5) is 0 Å². The summed E-state index contributed by atoms with van der Waals surface area (Å²) in [4.78, 5) is 19.8. The van der Waals surface area contributed by atoms with E-state index in [9.17, 15) is 4.79 Å². The van der Waals surface area contributed by atoms with Gasteiger partial charge in [-0.15, -0.1) is 0 Å². The van der Waals surface area contributed by atoms with E-state index in [2.05, 4.69) is 15.3 Å². The first-order chi connectivity index (χ1) is 10.6. The first-order valence-electron chi connectivity index (χ1n) is 7.11. The standard InChI is InChI=1S/C17H16ClN3O/c1-11-20-15-4-2-3-14(16(15)21-11)17(22)19-10-9-12-5-7-13(18)8-6-12/h2-8H,9-10H2,1H3,(H,19,22)(H,20,21). The zero-order chi connectivity index (χ0) is 15.5. The van der Waals surface area contributed by atoms with Gasteiger partial charge in [-0.05, 0) is 43.2 Å². The van der Waals surface area contributed by atoms with Gasteiger partial charge in [0.2, 0.25) is 0 Å². The Kier molecular flexibility index (Phi) is 4.11. The van der Waals surface area contributed by atoms with E-state index in [0.717, 1.165) is 23.3 Å². The Balaban J connectivity index is 1.67. The van der Waals surface area contributed by atoms with Crippen molar-refractivity contribution in [1.82, 2.24) is 15.3 Å². The van der Waals surface area contributed by atoms with Gasteiger partial charge in [-0.25, -0.2) is 4.98 Å². The van der Waals surface area contributed by atoms with Gasteiger partial charge in [0.1, 0.15) is 11.3 Å². The van der Waals surface area contributed by atoms with E-state index in [1.807, 2.05) is 43.3 Å². The van der Waals surface area contributed by atoms with Crippen molar-refractivity contribution < 1.29 is 4.79 Å². The van der Waals surface area contributed by atoms with Crippen molar-refractivity contribution in [2.45, 2.75) is 13.3 Å². The number of aryl methyl sites for hydroxylation is 1. The molecule has 0 saturated heterocycles.